The van der Waals surface area contributed by atoms with Crippen LogP contribution in [0.1, 0.15) is 32.6 Å². The smallest absolute Gasteiger partial charge is 0.183 e. The van der Waals surface area contributed by atoms with Crippen LogP contribution in [0.4, 0.5) is 5.13 Å². The highest BCUT2D eigenvalue weighted by Crippen LogP contribution is 2.28. The topological polar surface area (TPSA) is 24.9 Å². The molecule has 0 bridgehead atoms. The van der Waals surface area contributed by atoms with E-state index in [4.69, 9.17) is 0 Å². The zero-order valence-electron chi connectivity index (χ0n) is 10.0. The first-order valence-corrected chi connectivity index (χ1v) is 7.70. The van der Waals surface area contributed by atoms with Crippen molar-refractivity contribution in [2.24, 2.45) is 0 Å². The minimum Gasteiger partial charge on any atom is -0.361 e. The van der Waals surface area contributed by atoms with E-state index in [1.165, 1.54) is 30.4 Å². The number of nitrogens with zero attached hydrogens (tertiary/aromatic N) is 1. The molecule has 0 aliphatic carbocycles. The molecule has 1 aromatic carbocycles. The largest absolute Gasteiger partial charge is 0.361 e. The van der Waals surface area contributed by atoms with Crippen molar-refractivity contribution < 1.29 is 0 Å². The van der Waals surface area contributed by atoms with Crippen molar-refractivity contribution in [3.63, 3.8) is 0 Å². The van der Waals surface area contributed by atoms with Crippen LogP contribution in [0.2, 0.25) is 0 Å². The highest BCUT2D eigenvalue weighted by molar-refractivity contribution is 9.10. The van der Waals surface area contributed by atoms with Gasteiger partial charge in [-0.3, -0.25) is 0 Å². The predicted octanol–water partition coefficient (Wildman–Crippen LogP) is 5.05. The number of thiazole rings is 1. The minimum absolute atomic E-state index is 1.03. The van der Waals surface area contributed by atoms with Crippen LogP contribution in [0.15, 0.2) is 22.7 Å². The van der Waals surface area contributed by atoms with Gasteiger partial charge in [-0.2, -0.15) is 0 Å². The van der Waals surface area contributed by atoms with Crippen molar-refractivity contribution in [1.29, 1.82) is 0 Å². The van der Waals surface area contributed by atoms with Gasteiger partial charge in [0.25, 0.3) is 0 Å². The quantitative estimate of drug-likeness (QED) is 0.755. The second-order valence-corrected chi connectivity index (χ2v) is 6.06. The number of fused-ring (bicyclic) bond motifs is 1. The van der Waals surface area contributed by atoms with Crippen LogP contribution < -0.4 is 5.32 Å². The zero-order valence-corrected chi connectivity index (χ0v) is 12.4. The van der Waals surface area contributed by atoms with E-state index >= 15 is 0 Å². The maximum absolute atomic E-state index is 4.57. The second kappa shape index (κ2) is 6.36. The van der Waals surface area contributed by atoms with Gasteiger partial charge in [-0.25, -0.2) is 4.98 Å². The van der Waals surface area contributed by atoms with Crippen LogP contribution in [0, 0.1) is 0 Å². The first-order chi connectivity index (χ1) is 8.29. The van der Waals surface area contributed by atoms with Crippen molar-refractivity contribution in [2.75, 3.05) is 11.9 Å². The summed E-state index contributed by atoms with van der Waals surface area (Å²) in [5.74, 6) is 0. The van der Waals surface area contributed by atoms with E-state index in [-0.39, 0.29) is 0 Å². The summed E-state index contributed by atoms with van der Waals surface area (Å²) in [6.07, 6.45) is 5.15. The molecule has 0 radical (unpaired) electrons. The molecule has 0 fully saturated rings. The van der Waals surface area contributed by atoms with E-state index in [1.54, 1.807) is 11.3 Å². The first kappa shape index (κ1) is 12.8. The lowest BCUT2D eigenvalue weighted by Gasteiger charge is -2.00. The minimum atomic E-state index is 1.03. The molecule has 0 spiro atoms. The van der Waals surface area contributed by atoms with Crippen molar-refractivity contribution in [3.8, 4) is 0 Å². The van der Waals surface area contributed by atoms with Gasteiger partial charge in [-0.05, 0) is 24.6 Å². The molecular formula is C13H17BrN2S. The maximum Gasteiger partial charge on any atom is 0.183 e. The Morgan fingerprint density at radius 3 is 3.00 bits per heavy atom. The summed E-state index contributed by atoms with van der Waals surface area (Å²) in [5.41, 5.74) is 1.07. The third-order valence-corrected chi connectivity index (χ3v) is 4.14. The molecule has 2 nitrogen and oxygen atoms in total. The van der Waals surface area contributed by atoms with E-state index in [1.807, 2.05) is 0 Å². The van der Waals surface area contributed by atoms with E-state index in [0.29, 0.717) is 0 Å². The number of aromatic nitrogens is 1. The number of unbranched alkanes of at least 4 members (excludes halogenated alkanes) is 3. The standard InChI is InChI=1S/C13H17BrN2S/c1-2-3-4-5-8-15-13-16-11-9-10(14)6-7-12(11)17-13/h6-7,9H,2-5,8H2,1H3,(H,15,16). The molecule has 92 valence electrons. The highest BCUT2D eigenvalue weighted by Gasteiger charge is 2.03. The molecule has 1 N–H and O–H groups in total. The number of halogens is 1. The fourth-order valence-electron chi connectivity index (χ4n) is 1.72. The molecule has 2 aromatic rings. The fraction of sp³-hybridized carbons (Fsp3) is 0.462. The van der Waals surface area contributed by atoms with E-state index in [9.17, 15) is 0 Å². The summed E-state index contributed by atoms with van der Waals surface area (Å²) in [5, 5.41) is 4.44. The lowest BCUT2D eigenvalue weighted by molar-refractivity contribution is 0.685. The van der Waals surface area contributed by atoms with Gasteiger partial charge < -0.3 is 5.32 Å². The molecule has 17 heavy (non-hydrogen) atoms. The fourth-order valence-corrected chi connectivity index (χ4v) is 2.94. The first-order valence-electron chi connectivity index (χ1n) is 6.09. The van der Waals surface area contributed by atoms with Crippen LogP contribution in [-0.4, -0.2) is 11.5 Å². The molecule has 0 atom stereocenters. The Balaban J connectivity index is 1.91. The van der Waals surface area contributed by atoms with Crippen molar-refractivity contribution in [1.82, 2.24) is 4.98 Å². The molecule has 4 heteroatoms. The van der Waals surface area contributed by atoms with Gasteiger partial charge in [-0.15, -0.1) is 0 Å². The molecule has 0 unspecified atom stereocenters. The monoisotopic (exact) mass is 312 g/mol. The van der Waals surface area contributed by atoms with E-state index in [2.05, 4.69) is 51.4 Å². The van der Waals surface area contributed by atoms with Gasteiger partial charge in [0.05, 0.1) is 10.2 Å². The summed E-state index contributed by atoms with van der Waals surface area (Å²) in [4.78, 5) is 4.57. The number of anilines is 1. The number of hydrogen-bond donors (Lipinski definition) is 1. The van der Waals surface area contributed by atoms with Gasteiger partial charge in [0.15, 0.2) is 5.13 Å². The van der Waals surface area contributed by atoms with Crippen LogP contribution in [0.5, 0.6) is 0 Å². The van der Waals surface area contributed by atoms with Crippen LogP contribution in [-0.2, 0) is 0 Å². The number of rotatable bonds is 6. The number of hydrogen-bond acceptors (Lipinski definition) is 3. The normalized spacial score (nSPS) is 10.9. The Morgan fingerprint density at radius 2 is 2.18 bits per heavy atom. The summed E-state index contributed by atoms with van der Waals surface area (Å²) in [7, 11) is 0. The Labute approximate surface area is 115 Å². The zero-order chi connectivity index (χ0) is 12.1. The molecule has 0 saturated carbocycles. The summed E-state index contributed by atoms with van der Waals surface area (Å²) in [6, 6.07) is 6.24. The van der Waals surface area contributed by atoms with E-state index in [0.717, 1.165) is 21.7 Å². The van der Waals surface area contributed by atoms with Crippen molar-refractivity contribution >= 4 is 42.6 Å². The highest BCUT2D eigenvalue weighted by atomic mass is 79.9. The molecular weight excluding hydrogens is 296 g/mol. The average Bonchev–Trinajstić information content (AvgIpc) is 2.70. The van der Waals surface area contributed by atoms with Gasteiger partial charge >= 0.3 is 0 Å². The summed E-state index contributed by atoms with van der Waals surface area (Å²) in [6.45, 7) is 3.26. The summed E-state index contributed by atoms with van der Waals surface area (Å²) >= 11 is 5.19. The molecule has 1 aromatic heterocycles. The van der Waals surface area contributed by atoms with Crippen molar-refractivity contribution in [3.05, 3.63) is 22.7 Å². The summed E-state index contributed by atoms with van der Waals surface area (Å²) < 4.78 is 2.33. The maximum atomic E-state index is 4.57. The Bertz CT molecular complexity index is 481. The molecule has 2 rings (SSSR count). The SMILES string of the molecule is CCCCCCNc1nc2cc(Br)ccc2s1. The molecule has 0 saturated heterocycles. The molecule has 1 heterocycles. The lowest BCUT2D eigenvalue weighted by atomic mass is 10.2. The molecule has 0 amide bonds. The Kier molecular flexibility index (Phi) is 4.80. The third kappa shape index (κ3) is 3.68. The van der Waals surface area contributed by atoms with Crippen LogP contribution in [0.3, 0.4) is 0 Å². The number of benzene rings is 1. The van der Waals surface area contributed by atoms with Crippen LogP contribution in [0.25, 0.3) is 10.2 Å². The van der Waals surface area contributed by atoms with Gasteiger partial charge in [-0.1, -0.05) is 53.5 Å². The predicted molar refractivity (Wildman–Crippen MR) is 80.0 cm³/mol. The van der Waals surface area contributed by atoms with Gasteiger partial charge in [0.2, 0.25) is 0 Å². The van der Waals surface area contributed by atoms with Crippen molar-refractivity contribution in [2.45, 2.75) is 32.6 Å². The third-order valence-electron chi connectivity index (χ3n) is 2.66. The molecule has 0 aliphatic heterocycles. The Hall–Kier alpha value is -0.610. The molecule has 0 aliphatic rings. The van der Waals surface area contributed by atoms with Gasteiger partial charge in [0, 0.05) is 11.0 Å². The average molecular weight is 313 g/mol. The van der Waals surface area contributed by atoms with Gasteiger partial charge in [0.1, 0.15) is 0 Å². The Morgan fingerprint density at radius 1 is 1.29 bits per heavy atom. The lowest BCUT2D eigenvalue weighted by Crippen LogP contribution is -2.00. The van der Waals surface area contributed by atoms with Crippen LogP contribution >= 0.6 is 27.3 Å². The number of nitrogens with one attached hydrogen (secondary N) is 1. The second-order valence-electron chi connectivity index (χ2n) is 4.12. The van der Waals surface area contributed by atoms with E-state index < -0.39 is 0 Å².